The first kappa shape index (κ1) is 13.0. The van der Waals surface area contributed by atoms with Crippen molar-refractivity contribution in [3.63, 3.8) is 0 Å². The molecule has 2 rings (SSSR count). The van der Waals surface area contributed by atoms with E-state index >= 15 is 0 Å². The van der Waals surface area contributed by atoms with Gasteiger partial charge in [0.25, 0.3) is 0 Å². The van der Waals surface area contributed by atoms with E-state index in [1.165, 1.54) is 25.7 Å². The smallest absolute Gasteiger partial charge is 0.149 e. The minimum atomic E-state index is 0.380. The van der Waals surface area contributed by atoms with Crippen molar-refractivity contribution in [3.05, 3.63) is 0 Å². The third-order valence-electron chi connectivity index (χ3n) is 4.40. The van der Waals surface area contributed by atoms with Gasteiger partial charge in [0.1, 0.15) is 5.78 Å². The molecule has 0 aromatic rings. The molecule has 3 heteroatoms. The van der Waals surface area contributed by atoms with Gasteiger partial charge in [0.15, 0.2) is 0 Å². The van der Waals surface area contributed by atoms with Crippen LogP contribution in [0.25, 0.3) is 0 Å². The fraction of sp³-hybridized carbons (Fsp3) is 0.929. The van der Waals surface area contributed by atoms with Crippen LogP contribution in [0.3, 0.4) is 0 Å². The van der Waals surface area contributed by atoms with Crippen molar-refractivity contribution in [2.75, 3.05) is 26.2 Å². The quantitative estimate of drug-likeness (QED) is 0.793. The molecule has 1 aliphatic heterocycles. The van der Waals surface area contributed by atoms with Crippen LogP contribution in [-0.2, 0) is 4.79 Å². The molecule has 0 bridgehead atoms. The van der Waals surface area contributed by atoms with Crippen LogP contribution >= 0.6 is 0 Å². The monoisotopic (exact) mass is 238 g/mol. The lowest BCUT2D eigenvalue weighted by atomic mass is 9.99. The summed E-state index contributed by atoms with van der Waals surface area (Å²) in [5.41, 5.74) is 0. The zero-order chi connectivity index (χ0) is 12.1. The predicted octanol–water partition coefficient (Wildman–Crippen LogP) is 1.82. The second-order valence-electron chi connectivity index (χ2n) is 5.49. The molecule has 0 unspecified atom stereocenters. The van der Waals surface area contributed by atoms with Gasteiger partial charge in [-0.2, -0.15) is 0 Å². The topological polar surface area (TPSA) is 32.3 Å². The molecule has 2 aliphatic rings. The Morgan fingerprint density at radius 3 is 2.41 bits per heavy atom. The van der Waals surface area contributed by atoms with Crippen molar-refractivity contribution >= 4 is 5.78 Å². The third kappa shape index (κ3) is 3.52. The summed E-state index contributed by atoms with van der Waals surface area (Å²) in [7, 11) is 0. The Bertz CT molecular complexity index is 243. The minimum Gasteiger partial charge on any atom is -0.317 e. The highest BCUT2D eigenvalue weighted by atomic mass is 16.1. The SMILES string of the molecule is CCN(CC(=O)C1CCCC1)C1CCNCC1. The van der Waals surface area contributed by atoms with Gasteiger partial charge in [-0.15, -0.1) is 0 Å². The zero-order valence-electron chi connectivity index (χ0n) is 11.1. The molecule has 1 N–H and O–H groups in total. The molecule has 1 aliphatic carbocycles. The molecule has 0 aromatic heterocycles. The van der Waals surface area contributed by atoms with Crippen molar-refractivity contribution in [1.82, 2.24) is 10.2 Å². The van der Waals surface area contributed by atoms with Gasteiger partial charge < -0.3 is 5.32 Å². The van der Waals surface area contributed by atoms with Crippen LogP contribution in [-0.4, -0.2) is 42.9 Å². The summed E-state index contributed by atoms with van der Waals surface area (Å²) in [5, 5.41) is 3.39. The van der Waals surface area contributed by atoms with Crippen LogP contribution in [0, 0.1) is 5.92 Å². The summed E-state index contributed by atoms with van der Waals surface area (Å²) in [5.74, 6) is 0.883. The van der Waals surface area contributed by atoms with E-state index in [9.17, 15) is 4.79 Å². The molecular formula is C14H26N2O. The first-order valence-corrected chi connectivity index (χ1v) is 7.28. The van der Waals surface area contributed by atoms with E-state index in [4.69, 9.17) is 0 Å². The molecule has 1 saturated heterocycles. The van der Waals surface area contributed by atoms with E-state index in [2.05, 4.69) is 17.1 Å². The van der Waals surface area contributed by atoms with Crippen molar-refractivity contribution in [1.29, 1.82) is 0 Å². The fourth-order valence-corrected chi connectivity index (χ4v) is 3.25. The highest BCUT2D eigenvalue weighted by Gasteiger charge is 2.27. The highest BCUT2D eigenvalue weighted by molar-refractivity contribution is 5.83. The van der Waals surface area contributed by atoms with Crippen LogP contribution in [0.1, 0.15) is 45.4 Å². The van der Waals surface area contributed by atoms with Crippen LogP contribution < -0.4 is 5.32 Å². The number of carbonyl (C=O) groups is 1. The first-order chi connectivity index (χ1) is 8.31. The number of hydrogen-bond donors (Lipinski definition) is 1. The number of nitrogens with zero attached hydrogens (tertiary/aromatic N) is 1. The van der Waals surface area contributed by atoms with Gasteiger partial charge in [-0.1, -0.05) is 19.8 Å². The maximum Gasteiger partial charge on any atom is 0.149 e. The Labute approximate surface area is 105 Å². The Morgan fingerprint density at radius 2 is 1.82 bits per heavy atom. The van der Waals surface area contributed by atoms with E-state index in [-0.39, 0.29) is 0 Å². The van der Waals surface area contributed by atoms with Crippen molar-refractivity contribution < 1.29 is 4.79 Å². The first-order valence-electron chi connectivity index (χ1n) is 7.28. The van der Waals surface area contributed by atoms with Crippen molar-refractivity contribution in [2.24, 2.45) is 5.92 Å². The minimum absolute atomic E-state index is 0.380. The molecule has 0 atom stereocenters. The summed E-state index contributed by atoms with van der Waals surface area (Å²) in [6, 6.07) is 0.631. The van der Waals surface area contributed by atoms with Gasteiger partial charge in [-0.05, 0) is 45.3 Å². The molecule has 1 heterocycles. The Hall–Kier alpha value is -0.410. The summed E-state index contributed by atoms with van der Waals surface area (Å²) in [6.45, 7) is 6.12. The van der Waals surface area contributed by atoms with Crippen LogP contribution in [0.5, 0.6) is 0 Å². The maximum atomic E-state index is 12.2. The molecular weight excluding hydrogens is 212 g/mol. The number of carbonyl (C=O) groups excluding carboxylic acids is 1. The molecule has 0 amide bonds. The average Bonchev–Trinajstić information content (AvgIpc) is 2.90. The molecule has 2 fully saturated rings. The molecule has 1 saturated carbocycles. The molecule has 0 radical (unpaired) electrons. The normalized spacial score (nSPS) is 23.4. The highest BCUT2D eigenvalue weighted by Crippen LogP contribution is 2.26. The van der Waals surface area contributed by atoms with E-state index < -0.39 is 0 Å². The van der Waals surface area contributed by atoms with Gasteiger partial charge in [0.05, 0.1) is 6.54 Å². The van der Waals surface area contributed by atoms with Crippen molar-refractivity contribution in [2.45, 2.75) is 51.5 Å². The van der Waals surface area contributed by atoms with Crippen LogP contribution in [0.2, 0.25) is 0 Å². The van der Waals surface area contributed by atoms with E-state index in [0.29, 0.717) is 24.3 Å². The molecule has 98 valence electrons. The number of ketones is 1. The fourth-order valence-electron chi connectivity index (χ4n) is 3.25. The lowest BCUT2D eigenvalue weighted by Gasteiger charge is -2.33. The lowest BCUT2D eigenvalue weighted by Crippen LogP contribution is -2.45. The summed E-state index contributed by atoms with van der Waals surface area (Å²) in [4.78, 5) is 14.6. The van der Waals surface area contributed by atoms with Gasteiger partial charge in [0.2, 0.25) is 0 Å². The summed E-state index contributed by atoms with van der Waals surface area (Å²) < 4.78 is 0. The second-order valence-corrected chi connectivity index (χ2v) is 5.49. The van der Waals surface area contributed by atoms with E-state index in [1.54, 1.807) is 0 Å². The average molecular weight is 238 g/mol. The second kappa shape index (κ2) is 6.50. The van der Waals surface area contributed by atoms with Gasteiger partial charge >= 0.3 is 0 Å². The molecule has 0 spiro atoms. The zero-order valence-corrected chi connectivity index (χ0v) is 11.1. The Kier molecular flexibility index (Phi) is 4.99. The Balaban J connectivity index is 1.82. The largest absolute Gasteiger partial charge is 0.317 e. The van der Waals surface area contributed by atoms with Crippen molar-refractivity contribution in [3.8, 4) is 0 Å². The number of piperidine rings is 1. The van der Waals surface area contributed by atoms with Gasteiger partial charge in [0, 0.05) is 12.0 Å². The van der Waals surface area contributed by atoms with Crippen LogP contribution in [0.4, 0.5) is 0 Å². The standard InChI is InChI=1S/C14H26N2O/c1-2-16(13-7-9-15-10-8-13)11-14(17)12-5-3-4-6-12/h12-13,15H,2-11H2,1H3. The number of nitrogens with one attached hydrogen (secondary N) is 1. The third-order valence-corrected chi connectivity index (χ3v) is 4.40. The van der Waals surface area contributed by atoms with Crippen LogP contribution in [0.15, 0.2) is 0 Å². The lowest BCUT2D eigenvalue weighted by molar-refractivity contribution is -0.124. The summed E-state index contributed by atoms with van der Waals surface area (Å²) >= 11 is 0. The number of rotatable bonds is 5. The maximum absolute atomic E-state index is 12.2. The number of Topliss-reactive ketones (excluding diaryl/α,β-unsaturated/α-hetero) is 1. The number of hydrogen-bond acceptors (Lipinski definition) is 3. The Morgan fingerprint density at radius 1 is 1.18 bits per heavy atom. The van der Waals surface area contributed by atoms with Gasteiger partial charge in [-0.3, -0.25) is 9.69 Å². The van der Waals surface area contributed by atoms with E-state index in [0.717, 1.165) is 32.5 Å². The molecule has 0 aromatic carbocycles. The number of likely N-dealkylation sites (N-methyl/N-ethyl adjacent to an activating group) is 1. The molecule has 17 heavy (non-hydrogen) atoms. The predicted molar refractivity (Wildman–Crippen MR) is 70.1 cm³/mol. The molecule has 3 nitrogen and oxygen atoms in total. The summed E-state index contributed by atoms with van der Waals surface area (Å²) in [6.07, 6.45) is 7.20. The van der Waals surface area contributed by atoms with E-state index in [1.807, 2.05) is 0 Å². The van der Waals surface area contributed by atoms with Gasteiger partial charge in [-0.25, -0.2) is 0 Å².